The fraction of sp³-hybridized carbons (Fsp3) is 0.458. The third kappa shape index (κ3) is 4.40. The summed E-state index contributed by atoms with van der Waals surface area (Å²) in [6.07, 6.45) is 3.13. The molecule has 1 amide bonds. The predicted octanol–water partition coefficient (Wildman–Crippen LogP) is 4.43. The van der Waals surface area contributed by atoms with Crippen LogP contribution in [0.4, 0.5) is 5.69 Å². The maximum atomic E-state index is 13.2. The molecule has 2 aromatic rings. The van der Waals surface area contributed by atoms with Crippen LogP contribution in [0.1, 0.15) is 44.6 Å². The van der Waals surface area contributed by atoms with Gasteiger partial charge >= 0.3 is 0 Å². The van der Waals surface area contributed by atoms with Gasteiger partial charge in [-0.05, 0) is 55.5 Å². The van der Waals surface area contributed by atoms with E-state index in [9.17, 15) is 4.79 Å². The van der Waals surface area contributed by atoms with Crippen molar-refractivity contribution >= 4 is 11.6 Å². The molecule has 2 aliphatic rings. The van der Waals surface area contributed by atoms with E-state index in [2.05, 4.69) is 30.9 Å². The summed E-state index contributed by atoms with van der Waals surface area (Å²) in [5, 5.41) is 0. The number of unbranched alkanes of at least 4 members (excludes halogenated alkanes) is 1. The molecule has 1 saturated heterocycles. The number of rotatable bonds is 7. The summed E-state index contributed by atoms with van der Waals surface area (Å²) in [4.78, 5) is 17.5. The van der Waals surface area contributed by atoms with Crippen LogP contribution in [-0.2, 0) is 4.79 Å². The van der Waals surface area contributed by atoms with Crippen LogP contribution in [0.5, 0.6) is 11.5 Å². The fourth-order valence-electron chi connectivity index (χ4n) is 4.31. The summed E-state index contributed by atoms with van der Waals surface area (Å²) in [5.41, 5.74) is 2.26. The van der Waals surface area contributed by atoms with Gasteiger partial charge in [-0.1, -0.05) is 37.6 Å². The lowest BCUT2D eigenvalue weighted by atomic mass is 9.96. The smallest absolute Gasteiger partial charge is 0.241 e. The van der Waals surface area contributed by atoms with Crippen molar-refractivity contribution in [2.45, 2.75) is 45.1 Å². The maximum Gasteiger partial charge on any atom is 0.241 e. The van der Waals surface area contributed by atoms with Gasteiger partial charge in [0.25, 0.3) is 0 Å². The molecule has 2 aliphatic heterocycles. The largest absolute Gasteiger partial charge is 0.454 e. The molecule has 154 valence electrons. The molecule has 0 bridgehead atoms. The molecule has 0 unspecified atom stereocenters. The van der Waals surface area contributed by atoms with E-state index in [1.54, 1.807) is 0 Å². The molecule has 29 heavy (non-hydrogen) atoms. The number of anilines is 1. The van der Waals surface area contributed by atoms with E-state index in [4.69, 9.17) is 9.47 Å². The average molecular weight is 395 g/mol. The normalized spacial score (nSPS) is 20.8. The second-order valence-electron chi connectivity index (χ2n) is 8.06. The second kappa shape index (κ2) is 8.87. The summed E-state index contributed by atoms with van der Waals surface area (Å²) in [6, 6.07) is 16.6. The SMILES string of the molecule is CCCCN(C(=O)CN1C[C@H](c2ccc3c(c2)OCO3)C[C@@H]1C)c1ccccc1. The molecule has 2 atom stereocenters. The van der Waals surface area contributed by atoms with Gasteiger partial charge in [-0.25, -0.2) is 0 Å². The lowest BCUT2D eigenvalue weighted by Gasteiger charge is -2.27. The number of fused-ring (bicyclic) bond motifs is 1. The monoisotopic (exact) mass is 394 g/mol. The highest BCUT2D eigenvalue weighted by Crippen LogP contribution is 2.38. The van der Waals surface area contributed by atoms with Crippen LogP contribution in [0.25, 0.3) is 0 Å². The van der Waals surface area contributed by atoms with Gasteiger partial charge in [0.05, 0.1) is 6.54 Å². The van der Waals surface area contributed by atoms with Crippen LogP contribution in [0.15, 0.2) is 48.5 Å². The first-order chi connectivity index (χ1) is 14.2. The van der Waals surface area contributed by atoms with Crippen molar-refractivity contribution in [1.82, 2.24) is 4.90 Å². The number of likely N-dealkylation sites (tertiary alicyclic amines) is 1. The zero-order chi connectivity index (χ0) is 20.2. The predicted molar refractivity (Wildman–Crippen MR) is 115 cm³/mol. The second-order valence-corrected chi connectivity index (χ2v) is 8.06. The molecule has 5 heteroatoms. The molecule has 0 aromatic heterocycles. The fourth-order valence-corrected chi connectivity index (χ4v) is 4.31. The first kappa shape index (κ1) is 19.8. The first-order valence-electron chi connectivity index (χ1n) is 10.6. The molecule has 0 aliphatic carbocycles. The third-order valence-electron chi connectivity index (χ3n) is 6.01. The highest BCUT2D eigenvalue weighted by molar-refractivity contribution is 5.94. The van der Waals surface area contributed by atoms with Gasteiger partial charge in [-0.15, -0.1) is 0 Å². The topological polar surface area (TPSA) is 42.0 Å². The number of amides is 1. The van der Waals surface area contributed by atoms with Crippen LogP contribution in [0.3, 0.4) is 0 Å². The minimum absolute atomic E-state index is 0.183. The Morgan fingerprint density at radius 2 is 1.93 bits per heavy atom. The standard InChI is InChI=1S/C24H30N2O3/c1-3-4-12-26(21-8-6-5-7-9-21)24(27)16-25-15-20(13-18(25)2)19-10-11-22-23(14-19)29-17-28-22/h5-11,14,18,20H,3-4,12-13,15-17H2,1-2H3/t18-,20+/m0/s1. The van der Waals surface area contributed by atoms with Crippen molar-refractivity contribution in [1.29, 1.82) is 0 Å². The Kier molecular flexibility index (Phi) is 6.05. The van der Waals surface area contributed by atoms with Crippen LogP contribution in [0.2, 0.25) is 0 Å². The Bertz CT molecular complexity index is 839. The molecule has 2 aromatic carbocycles. The van der Waals surface area contributed by atoms with Crippen molar-refractivity contribution in [2.75, 3.05) is 31.3 Å². The minimum atomic E-state index is 0.183. The third-order valence-corrected chi connectivity index (χ3v) is 6.01. The van der Waals surface area contributed by atoms with Gasteiger partial charge in [-0.2, -0.15) is 0 Å². The summed E-state index contributed by atoms with van der Waals surface area (Å²) < 4.78 is 11.0. The minimum Gasteiger partial charge on any atom is -0.454 e. The Balaban J connectivity index is 1.43. The number of ether oxygens (including phenoxy) is 2. The first-order valence-corrected chi connectivity index (χ1v) is 10.6. The van der Waals surface area contributed by atoms with E-state index >= 15 is 0 Å². The van der Waals surface area contributed by atoms with Gasteiger partial charge in [0.1, 0.15) is 0 Å². The van der Waals surface area contributed by atoms with E-state index in [-0.39, 0.29) is 5.91 Å². The van der Waals surface area contributed by atoms with E-state index < -0.39 is 0 Å². The number of nitrogens with zero attached hydrogens (tertiary/aromatic N) is 2. The van der Waals surface area contributed by atoms with Gasteiger partial charge in [0, 0.05) is 24.8 Å². The number of benzene rings is 2. The Hall–Kier alpha value is -2.53. The molecule has 5 nitrogen and oxygen atoms in total. The van der Waals surface area contributed by atoms with E-state index in [1.807, 2.05) is 41.3 Å². The van der Waals surface area contributed by atoms with E-state index in [1.165, 1.54) is 5.56 Å². The molecule has 0 radical (unpaired) electrons. The Morgan fingerprint density at radius 3 is 2.72 bits per heavy atom. The molecule has 0 N–H and O–H groups in total. The van der Waals surface area contributed by atoms with Gasteiger partial charge in [0.2, 0.25) is 12.7 Å². The van der Waals surface area contributed by atoms with Crippen molar-refractivity contribution in [2.24, 2.45) is 0 Å². The molecular formula is C24H30N2O3. The number of hydrogen-bond donors (Lipinski definition) is 0. The maximum absolute atomic E-state index is 13.2. The summed E-state index contributed by atoms with van der Waals surface area (Å²) in [7, 11) is 0. The van der Waals surface area contributed by atoms with E-state index in [0.29, 0.717) is 25.3 Å². The highest BCUT2D eigenvalue weighted by atomic mass is 16.7. The lowest BCUT2D eigenvalue weighted by molar-refractivity contribution is -0.119. The van der Waals surface area contributed by atoms with Crippen LogP contribution in [-0.4, -0.2) is 43.3 Å². The quantitative estimate of drug-likeness (QED) is 0.697. The zero-order valence-corrected chi connectivity index (χ0v) is 17.3. The molecule has 2 heterocycles. The molecule has 1 fully saturated rings. The van der Waals surface area contributed by atoms with Crippen LogP contribution < -0.4 is 14.4 Å². The molecular weight excluding hydrogens is 364 g/mol. The highest BCUT2D eigenvalue weighted by Gasteiger charge is 2.33. The zero-order valence-electron chi connectivity index (χ0n) is 17.3. The van der Waals surface area contributed by atoms with Crippen molar-refractivity contribution in [3.05, 3.63) is 54.1 Å². The van der Waals surface area contributed by atoms with Gasteiger partial charge in [0.15, 0.2) is 11.5 Å². The number of carbonyl (C=O) groups excluding carboxylic acids is 1. The number of para-hydroxylation sites is 1. The number of carbonyl (C=O) groups is 1. The summed E-state index contributed by atoms with van der Waals surface area (Å²) in [5.74, 6) is 2.25. The van der Waals surface area contributed by atoms with Gasteiger partial charge < -0.3 is 14.4 Å². The van der Waals surface area contributed by atoms with Gasteiger partial charge in [-0.3, -0.25) is 9.69 Å². The summed E-state index contributed by atoms with van der Waals surface area (Å²) >= 11 is 0. The Morgan fingerprint density at radius 1 is 1.14 bits per heavy atom. The van der Waals surface area contributed by atoms with Crippen molar-refractivity contribution in [3.63, 3.8) is 0 Å². The van der Waals surface area contributed by atoms with E-state index in [0.717, 1.165) is 49.5 Å². The van der Waals surface area contributed by atoms with Crippen LogP contribution >= 0.6 is 0 Å². The molecule has 0 saturated carbocycles. The molecule has 4 rings (SSSR count). The summed E-state index contributed by atoms with van der Waals surface area (Å²) in [6.45, 7) is 6.80. The molecule has 0 spiro atoms. The van der Waals surface area contributed by atoms with Crippen molar-refractivity contribution in [3.8, 4) is 11.5 Å². The average Bonchev–Trinajstić information content (AvgIpc) is 3.35. The lowest BCUT2D eigenvalue weighted by Crippen LogP contribution is -2.42. The Labute approximate surface area is 173 Å². The number of hydrogen-bond acceptors (Lipinski definition) is 4. The van der Waals surface area contributed by atoms with Crippen molar-refractivity contribution < 1.29 is 14.3 Å². The van der Waals surface area contributed by atoms with Crippen LogP contribution in [0, 0.1) is 0 Å².